The average Bonchev–Trinajstić information content (AvgIpc) is 2.99. The van der Waals surface area contributed by atoms with Crippen molar-refractivity contribution >= 4 is 45.6 Å². The van der Waals surface area contributed by atoms with Crippen molar-refractivity contribution in [2.45, 2.75) is 6.42 Å². The van der Waals surface area contributed by atoms with Crippen LogP contribution in [0.3, 0.4) is 0 Å². The number of aromatic nitrogens is 1. The zero-order valence-electron chi connectivity index (χ0n) is 11.8. The Morgan fingerprint density at radius 3 is 3.00 bits per heavy atom. The molecule has 1 aromatic heterocycles. The Morgan fingerprint density at radius 2 is 2.22 bits per heavy atom. The minimum absolute atomic E-state index is 0.144. The third-order valence-electron chi connectivity index (χ3n) is 3.02. The third kappa shape index (κ3) is 4.16. The molecule has 0 radical (unpaired) electrons. The summed E-state index contributed by atoms with van der Waals surface area (Å²) in [6, 6.07) is 5.32. The molecule has 8 heteroatoms. The summed E-state index contributed by atoms with van der Waals surface area (Å²) in [4.78, 5) is 17.1. The molecule has 0 fully saturated rings. The maximum absolute atomic E-state index is 12.0. The van der Waals surface area contributed by atoms with Crippen molar-refractivity contribution in [1.82, 2.24) is 4.98 Å². The molecule has 3 rings (SSSR count). The predicted octanol–water partition coefficient (Wildman–Crippen LogP) is 3.87. The summed E-state index contributed by atoms with van der Waals surface area (Å²) in [5.41, 5.74) is 0.910. The molecule has 0 saturated heterocycles. The Bertz CT molecular complexity index is 761. The summed E-state index contributed by atoms with van der Waals surface area (Å²) < 4.78 is 10.3. The van der Waals surface area contributed by atoms with Gasteiger partial charge in [-0.1, -0.05) is 23.2 Å². The molecule has 1 aliphatic heterocycles. The van der Waals surface area contributed by atoms with Crippen LogP contribution in [0.2, 0.25) is 10.0 Å². The van der Waals surface area contributed by atoms with E-state index in [1.807, 2.05) is 6.07 Å². The van der Waals surface area contributed by atoms with Crippen LogP contribution in [0.1, 0.15) is 10.4 Å². The van der Waals surface area contributed by atoms with Gasteiger partial charge in [-0.15, -0.1) is 11.3 Å². The number of nitrogens with one attached hydrogen (secondary N) is 1. The molecule has 0 unspecified atom stereocenters. The number of ether oxygens (including phenoxy) is 2. The van der Waals surface area contributed by atoms with Gasteiger partial charge in [0.05, 0.1) is 0 Å². The zero-order chi connectivity index (χ0) is 16.2. The van der Waals surface area contributed by atoms with E-state index in [0.29, 0.717) is 34.8 Å². The van der Waals surface area contributed by atoms with E-state index >= 15 is 0 Å². The van der Waals surface area contributed by atoms with E-state index in [1.165, 1.54) is 17.6 Å². The zero-order valence-corrected chi connectivity index (χ0v) is 14.2. The molecule has 120 valence electrons. The first kappa shape index (κ1) is 16.1. The second kappa shape index (κ2) is 7.21. The van der Waals surface area contributed by atoms with Gasteiger partial charge in [0.1, 0.15) is 19.5 Å². The first-order valence-electron chi connectivity index (χ1n) is 6.76. The number of carbonyl (C=O) groups excluding carboxylic acids is 1. The van der Waals surface area contributed by atoms with Gasteiger partial charge in [-0.3, -0.25) is 10.1 Å². The molecule has 0 bridgehead atoms. The van der Waals surface area contributed by atoms with E-state index < -0.39 is 0 Å². The topological polar surface area (TPSA) is 60.5 Å². The lowest BCUT2D eigenvalue weighted by Crippen LogP contribution is -2.20. The van der Waals surface area contributed by atoms with Crippen molar-refractivity contribution in [1.29, 1.82) is 0 Å². The fourth-order valence-corrected chi connectivity index (χ4v) is 3.17. The van der Waals surface area contributed by atoms with Gasteiger partial charge in [0.2, 0.25) is 5.76 Å². The highest BCUT2D eigenvalue weighted by atomic mass is 35.5. The van der Waals surface area contributed by atoms with Crippen LogP contribution < -0.4 is 5.32 Å². The van der Waals surface area contributed by atoms with Gasteiger partial charge < -0.3 is 9.47 Å². The minimum atomic E-state index is -0.383. The molecule has 2 heterocycles. The van der Waals surface area contributed by atoms with Crippen molar-refractivity contribution < 1.29 is 14.3 Å². The molecule has 0 spiro atoms. The monoisotopic (exact) mass is 370 g/mol. The summed E-state index contributed by atoms with van der Waals surface area (Å²) >= 11 is 13.5. The standard InChI is InChI=1S/C15H12Cl2N2O3S/c16-10-1-2-12(17)9(5-10)6-11-7-18-15(23-11)19-14(20)13-8-21-3-4-22-13/h1-2,5,7-8H,3-4,6H2,(H,18,19,20). The van der Waals surface area contributed by atoms with Crippen molar-refractivity contribution in [3.8, 4) is 0 Å². The quantitative estimate of drug-likeness (QED) is 0.887. The normalized spacial score (nSPS) is 13.7. The lowest BCUT2D eigenvalue weighted by atomic mass is 10.1. The Kier molecular flexibility index (Phi) is 5.05. The summed E-state index contributed by atoms with van der Waals surface area (Å²) in [5.74, 6) is -0.239. The van der Waals surface area contributed by atoms with Crippen LogP contribution in [-0.4, -0.2) is 24.1 Å². The Labute approximate surface area is 146 Å². The number of rotatable bonds is 4. The highest BCUT2D eigenvalue weighted by molar-refractivity contribution is 7.15. The van der Waals surface area contributed by atoms with Crippen molar-refractivity contribution in [3.05, 3.63) is 56.9 Å². The molecular weight excluding hydrogens is 359 g/mol. The van der Waals surface area contributed by atoms with E-state index in [0.717, 1.165) is 10.4 Å². The van der Waals surface area contributed by atoms with Crippen molar-refractivity contribution in [2.24, 2.45) is 0 Å². The van der Waals surface area contributed by atoms with Crippen molar-refractivity contribution in [2.75, 3.05) is 18.5 Å². The second-order valence-corrected chi connectivity index (χ2v) is 6.66. The molecular formula is C15H12Cl2N2O3S. The molecule has 0 atom stereocenters. The van der Waals surface area contributed by atoms with Gasteiger partial charge in [-0.05, 0) is 23.8 Å². The number of nitrogens with zero attached hydrogens (tertiary/aromatic N) is 1. The number of thiazole rings is 1. The largest absolute Gasteiger partial charge is 0.494 e. The van der Waals surface area contributed by atoms with Gasteiger partial charge >= 0.3 is 0 Å². The maximum Gasteiger partial charge on any atom is 0.295 e. The predicted molar refractivity (Wildman–Crippen MR) is 90.0 cm³/mol. The molecule has 1 amide bonds. The number of hydrogen-bond acceptors (Lipinski definition) is 5. The Hall–Kier alpha value is -1.76. The van der Waals surface area contributed by atoms with Crippen LogP contribution in [0.25, 0.3) is 0 Å². The van der Waals surface area contributed by atoms with Gasteiger partial charge in [0.15, 0.2) is 5.13 Å². The molecule has 1 aliphatic rings. The number of hydrogen-bond donors (Lipinski definition) is 1. The first-order chi connectivity index (χ1) is 11.1. The fourth-order valence-electron chi connectivity index (χ4n) is 1.96. The molecule has 23 heavy (non-hydrogen) atoms. The molecule has 2 aromatic rings. The lowest BCUT2D eigenvalue weighted by Gasteiger charge is -2.14. The number of halogens is 2. The summed E-state index contributed by atoms with van der Waals surface area (Å²) in [6.45, 7) is 0.800. The van der Waals surface area contributed by atoms with Crippen LogP contribution >= 0.6 is 34.5 Å². The minimum Gasteiger partial charge on any atom is -0.494 e. The summed E-state index contributed by atoms with van der Waals surface area (Å²) in [7, 11) is 0. The van der Waals surface area contributed by atoms with Gasteiger partial charge in [-0.2, -0.15) is 0 Å². The van der Waals surface area contributed by atoms with E-state index in [4.69, 9.17) is 32.7 Å². The Balaban J connectivity index is 1.67. The number of carbonyl (C=O) groups is 1. The van der Waals surface area contributed by atoms with E-state index in [1.54, 1.807) is 18.3 Å². The molecule has 0 saturated carbocycles. The smallest absolute Gasteiger partial charge is 0.295 e. The van der Waals surface area contributed by atoms with Gasteiger partial charge in [-0.25, -0.2) is 4.98 Å². The van der Waals surface area contributed by atoms with Crippen LogP contribution in [0, 0.1) is 0 Å². The van der Waals surface area contributed by atoms with Crippen molar-refractivity contribution in [3.63, 3.8) is 0 Å². The van der Waals surface area contributed by atoms with Crippen LogP contribution in [0.15, 0.2) is 36.4 Å². The van der Waals surface area contributed by atoms with Crippen LogP contribution in [0.5, 0.6) is 0 Å². The van der Waals surface area contributed by atoms with E-state index in [-0.39, 0.29) is 11.7 Å². The molecule has 1 aromatic carbocycles. The number of amides is 1. The SMILES string of the molecule is O=C(Nc1ncc(Cc2cc(Cl)ccc2Cl)s1)C1=COCCO1. The first-order valence-corrected chi connectivity index (χ1v) is 8.33. The van der Waals surface area contributed by atoms with Gasteiger partial charge in [0.25, 0.3) is 5.91 Å². The number of anilines is 1. The second-order valence-electron chi connectivity index (χ2n) is 4.70. The fraction of sp³-hybridized carbons (Fsp3) is 0.200. The maximum atomic E-state index is 12.0. The molecule has 0 aliphatic carbocycles. The third-order valence-corrected chi connectivity index (χ3v) is 4.54. The molecule has 5 nitrogen and oxygen atoms in total. The summed E-state index contributed by atoms with van der Waals surface area (Å²) in [5, 5.41) is 4.44. The molecule has 1 N–H and O–H groups in total. The average molecular weight is 371 g/mol. The highest BCUT2D eigenvalue weighted by Gasteiger charge is 2.16. The highest BCUT2D eigenvalue weighted by Crippen LogP contribution is 2.27. The Morgan fingerprint density at radius 1 is 1.35 bits per heavy atom. The van der Waals surface area contributed by atoms with Crippen LogP contribution in [0.4, 0.5) is 5.13 Å². The van der Waals surface area contributed by atoms with E-state index in [2.05, 4.69) is 10.3 Å². The van der Waals surface area contributed by atoms with E-state index in [9.17, 15) is 4.79 Å². The number of benzene rings is 1. The summed E-state index contributed by atoms with van der Waals surface area (Å²) in [6.07, 6.45) is 3.60. The lowest BCUT2D eigenvalue weighted by molar-refractivity contribution is -0.117. The van der Waals surface area contributed by atoms with Gasteiger partial charge in [0, 0.05) is 27.5 Å². The van der Waals surface area contributed by atoms with Crippen LogP contribution in [-0.2, 0) is 20.7 Å².